The van der Waals surface area contributed by atoms with Crippen molar-refractivity contribution >= 4 is 0 Å². The summed E-state index contributed by atoms with van der Waals surface area (Å²) in [4.78, 5) is 2.44. The Kier molecular flexibility index (Phi) is 12.5. The van der Waals surface area contributed by atoms with E-state index in [1.54, 1.807) is 6.07 Å². The topological polar surface area (TPSA) is 44.7 Å². The second kappa shape index (κ2) is 15.1. The van der Waals surface area contributed by atoms with Crippen LogP contribution in [0.25, 0.3) is 0 Å². The normalized spacial score (nSPS) is 17.6. The largest absolute Gasteiger partial charge is 0.396 e. The fourth-order valence-corrected chi connectivity index (χ4v) is 4.32. The van der Waals surface area contributed by atoms with Crippen LogP contribution in [0.4, 0.5) is 4.39 Å². The first-order valence-electron chi connectivity index (χ1n) is 12.2. The highest BCUT2D eigenvalue weighted by Gasteiger charge is 2.21. The van der Waals surface area contributed by atoms with Gasteiger partial charge < -0.3 is 15.2 Å². The maximum absolute atomic E-state index is 13.4. The summed E-state index contributed by atoms with van der Waals surface area (Å²) in [5.41, 5.74) is 4.88. The third-order valence-electron chi connectivity index (χ3n) is 5.95. The molecule has 0 bridgehead atoms. The first-order chi connectivity index (χ1) is 15.7. The maximum Gasteiger partial charge on any atom is 0.123 e. The van der Waals surface area contributed by atoms with Gasteiger partial charge in [0.2, 0.25) is 0 Å². The molecule has 32 heavy (non-hydrogen) atoms. The molecule has 1 aliphatic heterocycles. The number of halogens is 1. The van der Waals surface area contributed by atoms with Crippen LogP contribution in [0.3, 0.4) is 0 Å². The van der Waals surface area contributed by atoms with Gasteiger partial charge >= 0.3 is 0 Å². The van der Waals surface area contributed by atoms with Crippen molar-refractivity contribution < 1.29 is 14.2 Å². The van der Waals surface area contributed by atoms with Crippen molar-refractivity contribution in [2.45, 2.75) is 46.0 Å². The zero-order valence-electron chi connectivity index (χ0n) is 20.1. The van der Waals surface area contributed by atoms with E-state index >= 15 is 0 Å². The first kappa shape index (κ1) is 26.5. The van der Waals surface area contributed by atoms with Crippen LogP contribution in [0.2, 0.25) is 0 Å². The quantitative estimate of drug-likeness (QED) is 0.649. The van der Waals surface area contributed by atoms with Crippen molar-refractivity contribution in [1.82, 2.24) is 10.2 Å². The van der Waals surface area contributed by atoms with Gasteiger partial charge in [0.1, 0.15) is 5.82 Å². The van der Waals surface area contributed by atoms with E-state index < -0.39 is 0 Å². The summed E-state index contributed by atoms with van der Waals surface area (Å²) in [6.07, 6.45) is 2.39. The van der Waals surface area contributed by atoms with Crippen LogP contribution in [-0.4, -0.2) is 62.6 Å². The van der Waals surface area contributed by atoms with E-state index in [0.717, 1.165) is 57.7 Å². The van der Waals surface area contributed by atoms with Gasteiger partial charge in [-0.25, -0.2) is 4.39 Å². The van der Waals surface area contributed by atoms with E-state index in [4.69, 9.17) is 4.74 Å². The Morgan fingerprint density at radius 1 is 1.06 bits per heavy atom. The lowest BCUT2D eigenvalue weighted by Crippen LogP contribution is -2.44. The molecule has 0 amide bonds. The van der Waals surface area contributed by atoms with Crippen molar-refractivity contribution in [2.75, 3.05) is 52.5 Å². The molecular weight excluding hydrogens is 403 g/mol. The Morgan fingerprint density at radius 2 is 1.81 bits per heavy atom. The number of nitrogens with zero attached hydrogens (tertiary/aromatic N) is 1. The molecule has 178 valence electrons. The minimum atomic E-state index is -0.174. The van der Waals surface area contributed by atoms with Crippen LogP contribution in [0.5, 0.6) is 0 Å². The average Bonchev–Trinajstić information content (AvgIpc) is 2.98. The molecule has 0 saturated carbocycles. The van der Waals surface area contributed by atoms with Gasteiger partial charge in [-0.15, -0.1) is 0 Å². The van der Waals surface area contributed by atoms with Gasteiger partial charge in [-0.3, -0.25) is 4.90 Å². The van der Waals surface area contributed by atoms with Gasteiger partial charge in [-0.1, -0.05) is 44.2 Å². The van der Waals surface area contributed by atoms with Crippen LogP contribution in [0, 0.1) is 5.82 Å². The number of aliphatic hydroxyl groups is 1. The van der Waals surface area contributed by atoms with E-state index in [9.17, 15) is 9.50 Å². The Bertz CT molecular complexity index is 778. The predicted octanol–water partition coefficient (Wildman–Crippen LogP) is 4.39. The highest BCUT2D eigenvalue weighted by molar-refractivity contribution is 5.42. The van der Waals surface area contributed by atoms with Crippen molar-refractivity contribution in [1.29, 1.82) is 0 Å². The Hall–Kier alpha value is -1.79. The molecule has 0 radical (unpaired) electrons. The van der Waals surface area contributed by atoms with Crippen LogP contribution in [0.1, 0.15) is 55.4 Å². The molecule has 2 aliphatic rings. The second-order valence-corrected chi connectivity index (χ2v) is 7.99. The van der Waals surface area contributed by atoms with Crippen LogP contribution in [-0.2, 0) is 17.6 Å². The molecule has 2 aromatic carbocycles. The van der Waals surface area contributed by atoms with Crippen LogP contribution >= 0.6 is 0 Å². The summed E-state index contributed by atoms with van der Waals surface area (Å²) in [7, 11) is 0. The van der Waals surface area contributed by atoms with Crippen LogP contribution in [0.15, 0.2) is 42.5 Å². The molecule has 0 unspecified atom stereocenters. The van der Waals surface area contributed by atoms with Crippen molar-refractivity contribution in [3.05, 3.63) is 70.5 Å². The monoisotopic (exact) mass is 444 g/mol. The summed E-state index contributed by atoms with van der Waals surface area (Å²) in [6.45, 7) is 13.6. The van der Waals surface area contributed by atoms with Crippen molar-refractivity contribution in [3.63, 3.8) is 0 Å². The summed E-state index contributed by atoms with van der Waals surface area (Å²) in [5, 5.41) is 12.6. The lowest BCUT2D eigenvalue weighted by molar-refractivity contribution is 0.108. The molecule has 1 saturated heterocycles. The zero-order valence-corrected chi connectivity index (χ0v) is 20.1. The number of fused-ring (bicyclic) bond motifs is 2. The predicted molar refractivity (Wildman–Crippen MR) is 131 cm³/mol. The average molecular weight is 445 g/mol. The van der Waals surface area contributed by atoms with Gasteiger partial charge in [-0.2, -0.15) is 0 Å². The summed E-state index contributed by atoms with van der Waals surface area (Å²) in [5.74, 6) is 0.108. The van der Waals surface area contributed by atoms with Gasteiger partial charge in [0, 0.05) is 45.9 Å². The van der Waals surface area contributed by atoms with E-state index in [1.807, 2.05) is 39.0 Å². The minimum Gasteiger partial charge on any atom is -0.396 e. The molecule has 5 heteroatoms. The number of hydrogen-bond acceptors (Lipinski definition) is 4. The maximum atomic E-state index is 13.4. The standard InChI is InChI=1S/C17H17FO.C8H18N2O.C2H6/c18-16-6-5-12-9-13-3-1-2-4-17(13)14(7-8-19)10-15(12)11-16;1-2-11-8-7-10-5-3-9-4-6-10;1-2/h1-6,11,14,19H,7-10H2;9H,2-8H2,1H3;1-2H3/t14-;;/m0../s1. The molecule has 1 heterocycles. The fourth-order valence-electron chi connectivity index (χ4n) is 4.32. The molecule has 2 N–H and O–H groups in total. The number of benzene rings is 2. The highest BCUT2D eigenvalue weighted by Crippen LogP contribution is 2.34. The lowest BCUT2D eigenvalue weighted by atomic mass is 9.89. The molecule has 1 fully saturated rings. The number of piperazine rings is 1. The summed E-state index contributed by atoms with van der Waals surface area (Å²) in [6, 6.07) is 13.4. The Labute approximate surface area is 193 Å². The third kappa shape index (κ3) is 8.28. The summed E-state index contributed by atoms with van der Waals surface area (Å²) < 4.78 is 18.7. The van der Waals surface area contributed by atoms with E-state index in [1.165, 1.54) is 35.8 Å². The first-order valence-corrected chi connectivity index (χ1v) is 12.2. The third-order valence-corrected chi connectivity index (χ3v) is 5.95. The van der Waals surface area contributed by atoms with Gasteiger partial charge in [0.25, 0.3) is 0 Å². The number of nitrogens with one attached hydrogen (secondary N) is 1. The van der Waals surface area contributed by atoms with E-state index in [2.05, 4.69) is 22.3 Å². The Balaban J connectivity index is 0.000000239. The number of aliphatic hydroxyl groups excluding tert-OH is 1. The molecule has 4 rings (SSSR count). The SMILES string of the molecule is CC.CCOCCN1CCNCC1.OCC[C@H]1Cc2cc(F)ccc2Cc2ccccc21. The molecule has 0 spiro atoms. The molecule has 1 aliphatic carbocycles. The Morgan fingerprint density at radius 3 is 2.53 bits per heavy atom. The molecular formula is C27H41FN2O2. The van der Waals surface area contributed by atoms with Gasteiger partial charge in [0.05, 0.1) is 6.61 Å². The van der Waals surface area contributed by atoms with Crippen molar-refractivity contribution in [3.8, 4) is 0 Å². The smallest absolute Gasteiger partial charge is 0.123 e. The summed E-state index contributed by atoms with van der Waals surface area (Å²) >= 11 is 0. The molecule has 4 nitrogen and oxygen atoms in total. The highest BCUT2D eigenvalue weighted by atomic mass is 19.1. The second-order valence-electron chi connectivity index (χ2n) is 7.99. The minimum absolute atomic E-state index is 0.170. The molecule has 0 aromatic heterocycles. The molecule has 1 atom stereocenters. The zero-order chi connectivity index (χ0) is 23.2. The van der Waals surface area contributed by atoms with Gasteiger partial charge in [0.15, 0.2) is 0 Å². The fraction of sp³-hybridized carbons (Fsp3) is 0.556. The molecule has 2 aromatic rings. The number of hydrogen-bond donors (Lipinski definition) is 2. The number of ether oxygens (including phenoxy) is 1. The van der Waals surface area contributed by atoms with E-state index in [0.29, 0.717) is 0 Å². The number of rotatable bonds is 6. The van der Waals surface area contributed by atoms with Crippen molar-refractivity contribution in [2.24, 2.45) is 0 Å². The lowest BCUT2D eigenvalue weighted by Gasteiger charge is -2.26. The van der Waals surface area contributed by atoms with Gasteiger partial charge in [-0.05, 0) is 66.5 Å². The van der Waals surface area contributed by atoms with Crippen LogP contribution < -0.4 is 5.32 Å². The van der Waals surface area contributed by atoms with E-state index in [-0.39, 0.29) is 18.3 Å².